The van der Waals surface area contributed by atoms with E-state index in [9.17, 15) is 9.59 Å². The van der Waals surface area contributed by atoms with Gasteiger partial charge < -0.3 is 20.1 Å². The second-order valence-electron chi connectivity index (χ2n) is 3.84. The molecule has 0 bridgehead atoms. The van der Waals surface area contributed by atoms with E-state index in [0.717, 1.165) is 24.9 Å². The van der Waals surface area contributed by atoms with Crippen LogP contribution in [0.25, 0.3) is 0 Å². The van der Waals surface area contributed by atoms with Crippen LogP contribution in [-0.2, 0) is 19.1 Å². The highest BCUT2D eigenvalue weighted by molar-refractivity contribution is 8.76. The van der Waals surface area contributed by atoms with Gasteiger partial charge in [-0.3, -0.25) is 4.79 Å². The SMILES string of the molecule is C=CC(=O)OCCSSCCOC(=O)CCNCCNC. The van der Waals surface area contributed by atoms with Crippen molar-refractivity contribution < 1.29 is 19.1 Å². The summed E-state index contributed by atoms with van der Waals surface area (Å²) in [5, 5.41) is 6.15. The Morgan fingerprint density at radius 3 is 2.38 bits per heavy atom. The number of hydrogen-bond donors (Lipinski definition) is 2. The Bertz CT molecular complexity index is 304. The molecule has 0 fully saturated rings. The molecule has 0 saturated carbocycles. The summed E-state index contributed by atoms with van der Waals surface area (Å²) in [4.78, 5) is 22.1. The molecule has 122 valence electrons. The van der Waals surface area contributed by atoms with Gasteiger partial charge >= 0.3 is 11.9 Å². The van der Waals surface area contributed by atoms with Gasteiger partial charge in [0.25, 0.3) is 0 Å². The largest absolute Gasteiger partial charge is 0.465 e. The number of carbonyl (C=O) groups is 2. The van der Waals surface area contributed by atoms with Crippen LogP contribution in [0, 0.1) is 0 Å². The summed E-state index contributed by atoms with van der Waals surface area (Å²) in [6.07, 6.45) is 1.53. The molecule has 8 heteroatoms. The van der Waals surface area contributed by atoms with Gasteiger partial charge in [0.05, 0.1) is 6.42 Å². The lowest BCUT2D eigenvalue weighted by atomic mass is 10.4. The third-order valence-electron chi connectivity index (χ3n) is 2.15. The molecule has 2 N–H and O–H groups in total. The van der Waals surface area contributed by atoms with Crippen molar-refractivity contribution in [3.63, 3.8) is 0 Å². The van der Waals surface area contributed by atoms with Gasteiger partial charge in [-0.25, -0.2) is 4.79 Å². The van der Waals surface area contributed by atoms with Crippen LogP contribution in [0.3, 0.4) is 0 Å². The first-order valence-electron chi connectivity index (χ1n) is 6.75. The molecule has 0 spiro atoms. The normalized spacial score (nSPS) is 10.1. The molecule has 6 nitrogen and oxygen atoms in total. The average Bonchev–Trinajstić information content (AvgIpc) is 2.49. The molecule has 0 aromatic carbocycles. The topological polar surface area (TPSA) is 76.7 Å². The Balaban J connectivity index is 3.21. The van der Waals surface area contributed by atoms with Crippen molar-refractivity contribution in [3.8, 4) is 0 Å². The Morgan fingerprint density at radius 2 is 1.76 bits per heavy atom. The van der Waals surface area contributed by atoms with Crippen molar-refractivity contribution >= 4 is 33.5 Å². The van der Waals surface area contributed by atoms with E-state index in [1.54, 1.807) is 21.6 Å². The van der Waals surface area contributed by atoms with Crippen molar-refractivity contribution in [3.05, 3.63) is 12.7 Å². The highest BCUT2D eigenvalue weighted by atomic mass is 33.1. The minimum atomic E-state index is -0.405. The number of hydrogen-bond acceptors (Lipinski definition) is 8. The van der Waals surface area contributed by atoms with Gasteiger partial charge in [0.1, 0.15) is 13.2 Å². The van der Waals surface area contributed by atoms with Crippen molar-refractivity contribution in [1.82, 2.24) is 10.6 Å². The molecule has 0 aliphatic heterocycles. The van der Waals surface area contributed by atoms with E-state index in [4.69, 9.17) is 9.47 Å². The maximum absolute atomic E-state index is 11.4. The van der Waals surface area contributed by atoms with E-state index in [1.807, 2.05) is 7.05 Å². The lowest BCUT2D eigenvalue weighted by Crippen LogP contribution is -2.27. The van der Waals surface area contributed by atoms with E-state index >= 15 is 0 Å². The van der Waals surface area contributed by atoms with Crippen LogP contribution in [0.15, 0.2) is 12.7 Å². The first kappa shape index (κ1) is 20.3. The number of esters is 2. The monoisotopic (exact) mass is 336 g/mol. The van der Waals surface area contributed by atoms with E-state index in [0.29, 0.717) is 31.9 Å². The number of nitrogens with one attached hydrogen (secondary N) is 2. The third kappa shape index (κ3) is 15.5. The van der Waals surface area contributed by atoms with Crippen LogP contribution < -0.4 is 10.6 Å². The first-order chi connectivity index (χ1) is 10.2. The molecular formula is C13H24N2O4S2. The van der Waals surface area contributed by atoms with E-state index < -0.39 is 5.97 Å². The predicted octanol–water partition coefficient (Wildman–Crippen LogP) is 0.839. The number of carbonyl (C=O) groups excluding carboxylic acids is 2. The molecule has 0 aliphatic rings. The van der Waals surface area contributed by atoms with Crippen LogP contribution in [-0.4, -0.2) is 63.3 Å². The summed E-state index contributed by atoms with van der Waals surface area (Å²) in [7, 11) is 5.05. The highest BCUT2D eigenvalue weighted by Crippen LogP contribution is 2.20. The van der Waals surface area contributed by atoms with Crippen molar-refractivity contribution in [2.75, 3.05) is 51.4 Å². The average molecular weight is 336 g/mol. The fraction of sp³-hybridized carbons (Fsp3) is 0.692. The molecular weight excluding hydrogens is 312 g/mol. The molecule has 0 saturated heterocycles. The van der Waals surface area contributed by atoms with Gasteiger partial charge in [-0.05, 0) is 7.05 Å². The molecule has 0 amide bonds. The molecule has 0 rings (SSSR count). The molecule has 21 heavy (non-hydrogen) atoms. The zero-order valence-corrected chi connectivity index (χ0v) is 14.0. The van der Waals surface area contributed by atoms with Gasteiger partial charge in [-0.15, -0.1) is 0 Å². The molecule has 0 atom stereocenters. The van der Waals surface area contributed by atoms with Crippen molar-refractivity contribution in [2.45, 2.75) is 6.42 Å². The molecule has 0 aromatic rings. The zero-order chi connectivity index (χ0) is 15.8. The second kappa shape index (κ2) is 15.7. The molecule has 0 radical (unpaired) electrons. The van der Waals surface area contributed by atoms with Gasteiger partial charge in [0, 0.05) is 37.2 Å². The van der Waals surface area contributed by atoms with Crippen LogP contribution in [0.1, 0.15) is 6.42 Å². The molecule has 0 aromatic heterocycles. The molecule has 0 heterocycles. The molecule has 0 unspecified atom stereocenters. The van der Waals surface area contributed by atoms with Crippen LogP contribution in [0.2, 0.25) is 0 Å². The minimum Gasteiger partial charge on any atom is -0.465 e. The van der Waals surface area contributed by atoms with E-state index in [1.165, 1.54) is 0 Å². The standard InChI is InChI=1S/C13H24N2O4S2/c1-3-12(16)18-8-10-20-21-11-9-19-13(17)4-5-15-7-6-14-2/h3,14-15H,1,4-11H2,2H3. The maximum atomic E-state index is 11.4. The van der Waals surface area contributed by atoms with Gasteiger partial charge in [-0.1, -0.05) is 28.2 Å². The van der Waals surface area contributed by atoms with Crippen LogP contribution >= 0.6 is 21.6 Å². The lowest BCUT2D eigenvalue weighted by molar-refractivity contribution is -0.143. The lowest BCUT2D eigenvalue weighted by Gasteiger charge is -2.06. The summed E-state index contributed by atoms with van der Waals surface area (Å²) in [6, 6.07) is 0. The minimum absolute atomic E-state index is 0.183. The summed E-state index contributed by atoms with van der Waals surface area (Å²) in [5.74, 6) is 0.836. The number of rotatable bonds is 14. The Labute approximate surface area is 134 Å². The second-order valence-corrected chi connectivity index (χ2v) is 6.54. The maximum Gasteiger partial charge on any atom is 0.330 e. The first-order valence-corrected chi connectivity index (χ1v) is 9.24. The Morgan fingerprint density at radius 1 is 1.10 bits per heavy atom. The Kier molecular flexibility index (Phi) is 15.2. The molecule has 0 aliphatic carbocycles. The third-order valence-corrected chi connectivity index (χ3v) is 4.48. The van der Waals surface area contributed by atoms with Crippen LogP contribution in [0.5, 0.6) is 0 Å². The fourth-order valence-corrected chi connectivity index (χ4v) is 2.80. The summed E-state index contributed by atoms with van der Waals surface area (Å²) in [5.41, 5.74) is 0. The fourth-order valence-electron chi connectivity index (χ4n) is 1.14. The number of likely N-dealkylation sites (N-methyl/N-ethyl adjacent to an activating group) is 1. The van der Waals surface area contributed by atoms with Crippen molar-refractivity contribution in [2.24, 2.45) is 0 Å². The smallest absolute Gasteiger partial charge is 0.330 e. The summed E-state index contributed by atoms with van der Waals surface area (Å²) in [6.45, 7) is 6.43. The van der Waals surface area contributed by atoms with Gasteiger partial charge in [0.15, 0.2) is 0 Å². The zero-order valence-electron chi connectivity index (χ0n) is 12.4. The Hall–Kier alpha value is -0.700. The number of ether oxygens (including phenoxy) is 2. The summed E-state index contributed by atoms with van der Waals surface area (Å²) >= 11 is 0. The van der Waals surface area contributed by atoms with E-state index in [-0.39, 0.29) is 5.97 Å². The van der Waals surface area contributed by atoms with Crippen molar-refractivity contribution in [1.29, 1.82) is 0 Å². The van der Waals surface area contributed by atoms with Crippen LogP contribution in [0.4, 0.5) is 0 Å². The quantitative estimate of drug-likeness (QED) is 0.209. The van der Waals surface area contributed by atoms with Gasteiger partial charge in [-0.2, -0.15) is 0 Å². The highest BCUT2D eigenvalue weighted by Gasteiger charge is 2.02. The predicted molar refractivity (Wildman–Crippen MR) is 88.4 cm³/mol. The van der Waals surface area contributed by atoms with E-state index in [2.05, 4.69) is 17.2 Å². The van der Waals surface area contributed by atoms with Gasteiger partial charge in [0.2, 0.25) is 0 Å². The summed E-state index contributed by atoms with van der Waals surface area (Å²) < 4.78 is 9.90.